The Morgan fingerprint density at radius 3 is 1.53 bits per heavy atom. The van der Waals surface area contributed by atoms with Gasteiger partial charge in [0.2, 0.25) is 20.0 Å². The molecule has 89 heavy (non-hydrogen) atoms. The van der Waals surface area contributed by atoms with Gasteiger partial charge in [-0.3, -0.25) is 0 Å². The molecule has 0 radical (unpaired) electrons. The van der Waals surface area contributed by atoms with Gasteiger partial charge in [-0.1, -0.05) is 88.4 Å². The Morgan fingerprint density at radius 1 is 0.640 bits per heavy atom. The summed E-state index contributed by atoms with van der Waals surface area (Å²) in [6.45, 7) is 18.2. The maximum absolute atomic E-state index is 14.1. The summed E-state index contributed by atoms with van der Waals surface area (Å²) in [5.74, 6) is 0.442. The molecule has 0 spiro atoms. The second-order valence-electron chi connectivity index (χ2n) is 26.0. The third-order valence-electron chi connectivity index (χ3n) is 15.9. The average molecular weight is 1280 g/mol. The molecule has 0 aromatic heterocycles. The van der Waals surface area contributed by atoms with Crippen LogP contribution in [0.5, 0.6) is 11.5 Å². The van der Waals surface area contributed by atoms with E-state index < -0.39 is 84.8 Å². The molecule has 3 aliphatic rings. The number of fused-ring (bicyclic) bond motifs is 1. The number of hydrogen-bond donors (Lipinski definition) is 4. The molecule has 4 aromatic carbocycles. The van der Waals surface area contributed by atoms with Crippen LogP contribution in [0.2, 0.25) is 0 Å². The van der Waals surface area contributed by atoms with E-state index in [2.05, 4.69) is 10.6 Å². The SMILES string of the molecule is COc1ccc(S(=O)(=O)N(CC(O)[C@H](Cc2ccccc2)NC(=O)OC(C)(C)C)CC(C)(C)CCCC2(C)OCCO2)cc1.COc1ccc(S(=O)(=O)N(CC(O)[C@H](Cc2ccccc2)NC(=O)OC2COC3OCCC23)CC(C)(C)CCCC(C)=O)cc1. The number of carbonyl (C=O) groups is 3. The number of carbonyl (C=O) groups excluding carboxylic acids is 3. The van der Waals surface area contributed by atoms with Gasteiger partial charge < -0.3 is 63.5 Å². The van der Waals surface area contributed by atoms with Crippen molar-refractivity contribution in [2.24, 2.45) is 16.7 Å². The lowest BCUT2D eigenvalue weighted by molar-refractivity contribution is -0.148. The van der Waals surface area contributed by atoms with Crippen molar-refractivity contribution in [2.45, 2.75) is 178 Å². The standard InChI is InChI=1S/C33H46N2O9S.C33H50N2O8S/c1-23(36)9-8-17-33(2,3)22-35(45(39,40)26-14-12-25(41-4)13-15-26)20-29(37)28(19-24-10-6-5-7-11-24)34-32(38)44-30-21-43-31-27(30)16-18-42-31;1-31(2,3)43-30(37)34-28(22-25-12-9-8-10-13-25)29(36)23-35(44(38,39)27-16-14-26(40-7)15-17-27)24-32(4,5)18-11-19-33(6)41-20-21-42-33/h5-7,10-15,27-31,37H,8-9,16-22H2,1-4H3,(H,34,38);8-10,12-17,28-29,36H,11,18-24H2,1-7H3,(H,34,37)/t27?,28-,29?,30?,31?;28-,29?/m00/s1. The van der Waals surface area contributed by atoms with E-state index in [4.69, 9.17) is 37.9 Å². The lowest BCUT2D eigenvalue weighted by Crippen LogP contribution is -2.52. The highest BCUT2D eigenvalue weighted by Crippen LogP contribution is 2.35. The molecular weight excluding hydrogens is 1180 g/mol. The number of sulfonamides is 2. The van der Waals surface area contributed by atoms with Gasteiger partial charge in [0.05, 0.1) is 80.6 Å². The number of amides is 2. The van der Waals surface area contributed by atoms with Crippen LogP contribution in [0.15, 0.2) is 119 Å². The fraction of sp³-hybridized carbons (Fsp3) is 0.591. The summed E-state index contributed by atoms with van der Waals surface area (Å²) in [7, 11) is -5.11. The van der Waals surface area contributed by atoms with Crippen LogP contribution in [0.4, 0.5) is 9.59 Å². The van der Waals surface area contributed by atoms with Crippen LogP contribution in [-0.2, 0) is 66.1 Å². The fourth-order valence-corrected chi connectivity index (χ4v) is 14.4. The Kier molecular flexibility index (Phi) is 26.4. The van der Waals surface area contributed by atoms with Crippen LogP contribution >= 0.6 is 0 Å². The lowest BCUT2D eigenvalue weighted by atomic mass is 9.86. The number of ketones is 1. The molecule has 0 saturated carbocycles. The van der Waals surface area contributed by atoms with Crippen LogP contribution in [-0.4, -0.2) is 169 Å². The molecule has 0 aliphatic carbocycles. The molecular formula is C66H96N4O17S2. The van der Waals surface area contributed by atoms with Crippen molar-refractivity contribution >= 4 is 38.0 Å². The minimum atomic E-state index is -4.08. The summed E-state index contributed by atoms with van der Waals surface area (Å²) in [6, 6.07) is 29.3. The Balaban J connectivity index is 0.000000284. The number of benzene rings is 4. The second kappa shape index (κ2) is 32.5. The van der Waals surface area contributed by atoms with Gasteiger partial charge in [0.15, 0.2) is 12.1 Å². The molecule has 7 atom stereocenters. The molecule has 3 heterocycles. The monoisotopic (exact) mass is 1280 g/mol. The molecule has 3 fully saturated rings. The number of methoxy groups -OCH3 is 2. The molecule has 0 bridgehead atoms. The number of rotatable bonds is 31. The van der Waals surface area contributed by atoms with Crippen LogP contribution in [0.3, 0.4) is 0 Å². The molecule has 494 valence electrons. The number of nitrogens with zero attached hydrogens (tertiary/aromatic N) is 2. The molecule has 5 unspecified atom stereocenters. The summed E-state index contributed by atoms with van der Waals surface area (Å²) >= 11 is 0. The molecule has 3 saturated heterocycles. The average Bonchev–Trinajstić information content (AvgIpc) is 1.88. The van der Waals surface area contributed by atoms with E-state index in [1.54, 1.807) is 45.0 Å². The van der Waals surface area contributed by atoms with Crippen LogP contribution in [0, 0.1) is 16.7 Å². The Morgan fingerprint density at radius 2 is 1.09 bits per heavy atom. The number of Topliss-reactive ketones (excluding diaryl/α,β-unsaturated/α-hetero) is 1. The molecule has 3 aliphatic heterocycles. The van der Waals surface area contributed by atoms with E-state index in [9.17, 15) is 41.4 Å². The first-order chi connectivity index (χ1) is 41.9. The van der Waals surface area contributed by atoms with Crippen LogP contribution in [0.1, 0.15) is 118 Å². The zero-order chi connectivity index (χ0) is 65.2. The van der Waals surface area contributed by atoms with Crippen molar-refractivity contribution in [3.05, 3.63) is 120 Å². The van der Waals surface area contributed by atoms with E-state index in [0.717, 1.165) is 24.0 Å². The molecule has 4 aromatic rings. The largest absolute Gasteiger partial charge is 0.497 e. The highest BCUT2D eigenvalue weighted by molar-refractivity contribution is 7.89. The smallest absolute Gasteiger partial charge is 0.407 e. The number of nitrogens with one attached hydrogen (secondary N) is 2. The van der Waals surface area contributed by atoms with Crippen molar-refractivity contribution in [3.63, 3.8) is 0 Å². The summed E-state index contributed by atoms with van der Waals surface area (Å²) in [6.07, 6.45) is 0.204. The van der Waals surface area contributed by atoms with Gasteiger partial charge in [-0.05, 0) is 150 Å². The third-order valence-corrected chi connectivity index (χ3v) is 19.6. The van der Waals surface area contributed by atoms with Gasteiger partial charge in [-0.15, -0.1) is 0 Å². The quantitative estimate of drug-likeness (QED) is 0.0366. The zero-order valence-corrected chi connectivity index (χ0v) is 55.3. The number of ether oxygens (including phenoxy) is 8. The molecule has 4 N–H and O–H groups in total. The molecule has 2 amide bonds. The first-order valence-electron chi connectivity index (χ1n) is 30.6. The maximum Gasteiger partial charge on any atom is 0.407 e. The summed E-state index contributed by atoms with van der Waals surface area (Å²) < 4.78 is 103. The number of alkyl carbamates (subject to hydrolysis) is 2. The molecule has 7 rings (SSSR count). The van der Waals surface area contributed by atoms with Gasteiger partial charge in [-0.25, -0.2) is 26.4 Å². The van der Waals surface area contributed by atoms with Gasteiger partial charge in [-0.2, -0.15) is 8.61 Å². The maximum atomic E-state index is 14.1. The minimum Gasteiger partial charge on any atom is -0.497 e. The van der Waals surface area contributed by atoms with E-state index in [1.165, 1.54) is 54.0 Å². The van der Waals surface area contributed by atoms with E-state index >= 15 is 0 Å². The fourth-order valence-electron chi connectivity index (χ4n) is 11.1. The first kappa shape index (κ1) is 72.3. The van der Waals surface area contributed by atoms with Crippen molar-refractivity contribution in [3.8, 4) is 11.5 Å². The summed E-state index contributed by atoms with van der Waals surface area (Å²) in [5.41, 5.74) is 0.0121. The Bertz CT molecular complexity index is 3070. The first-order valence-corrected chi connectivity index (χ1v) is 33.5. The van der Waals surface area contributed by atoms with Gasteiger partial charge in [0, 0.05) is 39.0 Å². The third kappa shape index (κ3) is 22.9. The molecule has 23 heteroatoms. The highest BCUT2D eigenvalue weighted by atomic mass is 32.2. The normalized spacial score (nSPS) is 19.1. The molecule has 21 nitrogen and oxygen atoms in total. The van der Waals surface area contributed by atoms with E-state index in [0.29, 0.717) is 63.4 Å². The van der Waals surface area contributed by atoms with Gasteiger partial charge >= 0.3 is 12.2 Å². The van der Waals surface area contributed by atoms with Crippen molar-refractivity contribution in [2.75, 3.05) is 66.8 Å². The minimum absolute atomic E-state index is 0.0522. The van der Waals surface area contributed by atoms with E-state index in [-0.39, 0.29) is 73.4 Å². The Labute approximate surface area is 527 Å². The number of aliphatic hydroxyl groups excluding tert-OH is 2. The predicted octanol–water partition coefficient (Wildman–Crippen LogP) is 9.07. The van der Waals surface area contributed by atoms with Crippen molar-refractivity contribution < 1.29 is 79.3 Å². The highest BCUT2D eigenvalue weighted by Gasteiger charge is 2.45. The van der Waals surface area contributed by atoms with Gasteiger partial charge in [0.1, 0.15) is 29.0 Å². The van der Waals surface area contributed by atoms with E-state index in [1.807, 2.05) is 95.3 Å². The second-order valence-corrected chi connectivity index (χ2v) is 29.9. The topological polar surface area (TPSA) is 264 Å². The zero-order valence-electron chi connectivity index (χ0n) is 53.7. The summed E-state index contributed by atoms with van der Waals surface area (Å²) in [4.78, 5) is 37.6. The van der Waals surface area contributed by atoms with Crippen molar-refractivity contribution in [1.82, 2.24) is 19.2 Å². The lowest BCUT2D eigenvalue weighted by Gasteiger charge is -2.35. The van der Waals surface area contributed by atoms with Crippen LogP contribution < -0.4 is 20.1 Å². The number of hydrogen-bond acceptors (Lipinski definition) is 17. The van der Waals surface area contributed by atoms with Gasteiger partial charge in [0.25, 0.3) is 0 Å². The predicted molar refractivity (Wildman–Crippen MR) is 336 cm³/mol. The summed E-state index contributed by atoms with van der Waals surface area (Å²) in [5, 5.41) is 28.9. The van der Waals surface area contributed by atoms with Crippen LogP contribution in [0.25, 0.3) is 0 Å². The van der Waals surface area contributed by atoms with Crippen molar-refractivity contribution in [1.29, 1.82) is 0 Å². The number of aliphatic hydroxyl groups is 2. The Hall–Kier alpha value is -5.73.